The third-order valence-electron chi connectivity index (χ3n) is 6.66. The van der Waals surface area contributed by atoms with Gasteiger partial charge in [-0.15, -0.1) is 0 Å². The Hall–Kier alpha value is -3.53. The summed E-state index contributed by atoms with van der Waals surface area (Å²) in [7, 11) is 0. The molecule has 2 amide bonds. The molecule has 0 saturated heterocycles. The van der Waals surface area contributed by atoms with Crippen LogP contribution >= 0.6 is 0 Å². The summed E-state index contributed by atoms with van der Waals surface area (Å²) in [6.45, 7) is 3.98. The highest BCUT2D eigenvalue weighted by atomic mass is 16.4. The van der Waals surface area contributed by atoms with Crippen LogP contribution in [0.1, 0.15) is 60.7 Å². The fourth-order valence-corrected chi connectivity index (χ4v) is 4.16. The number of hydrogen-bond acceptors (Lipinski definition) is 7. The molecular weight excluding hydrogens is 448 g/mol. The van der Waals surface area contributed by atoms with E-state index in [0.29, 0.717) is 34.7 Å². The first-order chi connectivity index (χ1) is 16.9. The van der Waals surface area contributed by atoms with Gasteiger partial charge in [-0.1, -0.05) is 12.1 Å². The van der Waals surface area contributed by atoms with Gasteiger partial charge in [0, 0.05) is 23.2 Å². The molecule has 0 aliphatic heterocycles. The zero-order valence-corrected chi connectivity index (χ0v) is 19.9. The topological polar surface area (TPSA) is 135 Å². The van der Waals surface area contributed by atoms with Crippen molar-refractivity contribution in [2.75, 3.05) is 6.61 Å². The molecule has 10 heteroatoms. The van der Waals surface area contributed by atoms with Crippen LogP contribution in [0.2, 0.25) is 0 Å². The first-order valence-corrected chi connectivity index (χ1v) is 12.2. The fraction of sp³-hybridized carbons (Fsp3) is 0.480. The van der Waals surface area contributed by atoms with Gasteiger partial charge in [-0.05, 0) is 63.5 Å². The van der Waals surface area contributed by atoms with Gasteiger partial charge in [-0.2, -0.15) is 5.10 Å². The van der Waals surface area contributed by atoms with E-state index in [1.165, 1.54) is 10.9 Å². The molecule has 2 aliphatic rings. The lowest BCUT2D eigenvalue weighted by atomic mass is 10.1. The van der Waals surface area contributed by atoms with Gasteiger partial charge in [0.2, 0.25) is 17.5 Å². The molecule has 3 aromatic rings. The predicted molar refractivity (Wildman–Crippen MR) is 127 cm³/mol. The van der Waals surface area contributed by atoms with Crippen LogP contribution in [0, 0.1) is 11.8 Å². The molecule has 3 N–H and O–H groups in total. The highest BCUT2D eigenvalue weighted by Crippen LogP contribution is 2.33. The lowest BCUT2D eigenvalue weighted by Gasteiger charge is -2.12. The van der Waals surface area contributed by atoms with Gasteiger partial charge >= 0.3 is 0 Å². The van der Waals surface area contributed by atoms with E-state index in [0.717, 1.165) is 25.7 Å². The van der Waals surface area contributed by atoms with Crippen molar-refractivity contribution < 1.29 is 19.1 Å². The average molecular weight is 479 g/mol. The molecule has 2 saturated carbocycles. The molecule has 35 heavy (non-hydrogen) atoms. The molecule has 2 atom stereocenters. The van der Waals surface area contributed by atoms with E-state index in [2.05, 4.69) is 25.7 Å². The van der Waals surface area contributed by atoms with Crippen LogP contribution in [-0.4, -0.2) is 55.4 Å². The Morgan fingerprint density at radius 2 is 1.74 bits per heavy atom. The van der Waals surface area contributed by atoms with Crippen LogP contribution in [0.4, 0.5) is 0 Å². The Balaban J connectivity index is 1.35. The number of nitrogens with zero attached hydrogens (tertiary/aromatic N) is 4. The number of oxazole rings is 1. The Labute approximate surface area is 203 Å². The van der Waals surface area contributed by atoms with Gasteiger partial charge in [-0.3, -0.25) is 9.59 Å². The summed E-state index contributed by atoms with van der Waals surface area (Å²) in [6.07, 6.45) is 5.94. The molecule has 2 fully saturated rings. The first kappa shape index (κ1) is 23.2. The molecule has 2 aromatic heterocycles. The Morgan fingerprint density at radius 1 is 1.09 bits per heavy atom. The van der Waals surface area contributed by atoms with Crippen LogP contribution in [0.15, 0.2) is 34.9 Å². The summed E-state index contributed by atoms with van der Waals surface area (Å²) in [6, 6.07) is 7.43. The van der Waals surface area contributed by atoms with E-state index in [-0.39, 0.29) is 48.6 Å². The molecule has 2 aliphatic carbocycles. The molecular formula is C25H30N6O4. The molecule has 0 unspecified atom stereocenters. The number of aliphatic hydroxyl groups excluding tert-OH is 1. The van der Waals surface area contributed by atoms with Crippen LogP contribution in [-0.2, 0) is 6.54 Å². The molecule has 2 heterocycles. The summed E-state index contributed by atoms with van der Waals surface area (Å²) >= 11 is 0. The van der Waals surface area contributed by atoms with Gasteiger partial charge < -0.3 is 20.2 Å². The van der Waals surface area contributed by atoms with Crippen molar-refractivity contribution in [1.82, 2.24) is 30.4 Å². The first-order valence-electron chi connectivity index (χ1n) is 12.2. The average Bonchev–Trinajstić information content (AvgIpc) is 3.78. The smallest absolute Gasteiger partial charge is 0.289 e. The van der Waals surface area contributed by atoms with E-state index in [4.69, 9.17) is 4.42 Å². The minimum atomic E-state index is -0.309. The highest BCUT2D eigenvalue weighted by Gasteiger charge is 2.31. The van der Waals surface area contributed by atoms with Crippen molar-refractivity contribution in [2.24, 2.45) is 11.8 Å². The van der Waals surface area contributed by atoms with Crippen LogP contribution in [0.3, 0.4) is 0 Å². The summed E-state index contributed by atoms with van der Waals surface area (Å²) in [5.41, 5.74) is 1.32. The fourth-order valence-electron chi connectivity index (χ4n) is 4.16. The number of aliphatic hydroxyl groups is 1. The lowest BCUT2D eigenvalue weighted by Crippen LogP contribution is -2.36. The van der Waals surface area contributed by atoms with Gasteiger partial charge in [0.25, 0.3) is 11.8 Å². The van der Waals surface area contributed by atoms with Crippen molar-refractivity contribution >= 4 is 11.8 Å². The number of amides is 2. The lowest BCUT2D eigenvalue weighted by molar-refractivity contribution is 0.0904. The number of rotatable bonds is 10. The van der Waals surface area contributed by atoms with Crippen molar-refractivity contribution in [1.29, 1.82) is 0 Å². The van der Waals surface area contributed by atoms with E-state index in [1.54, 1.807) is 6.07 Å². The van der Waals surface area contributed by atoms with Crippen LogP contribution in [0.25, 0.3) is 22.8 Å². The number of nitrogens with one attached hydrogen (secondary N) is 2. The minimum absolute atomic E-state index is 0.0669. The summed E-state index contributed by atoms with van der Waals surface area (Å²) < 4.78 is 7.16. The molecule has 10 nitrogen and oxygen atoms in total. The monoisotopic (exact) mass is 478 g/mol. The SMILES string of the molecule is C[C@H](NC(=O)c1cnc(-c2cccc(-c3nc(C(=O)N[C@@H](C)C4CC4)n(CCO)n3)c2)o1)C1CC1. The maximum Gasteiger partial charge on any atom is 0.289 e. The van der Waals surface area contributed by atoms with Crippen molar-refractivity contribution in [2.45, 2.75) is 58.2 Å². The van der Waals surface area contributed by atoms with Crippen molar-refractivity contribution in [3.63, 3.8) is 0 Å². The van der Waals surface area contributed by atoms with E-state index in [1.807, 2.05) is 32.0 Å². The molecule has 0 bridgehead atoms. The molecule has 0 radical (unpaired) electrons. The number of benzene rings is 1. The third-order valence-corrected chi connectivity index (χ3v) is 6.66. The standard InChI is InChI=1S/C25H30N6O4/c1-14(16-6-7-16)27-23(33)20-13-26-25(35-20)19-5-3-4-18(12-19)21-29-22(31(30-21)10-11-32)24(34)28-15(2)17-8-9-17/h3-5,12-17,32H,6-11H2,1-2H3,(H,27,33)(H,28,34)/t14-,15-/m0/s1. The maximum absolute atomic E-state index is 12.8. The molecule has 5 rings (SSSR count). The summed E-state index contributed by atoms with van der Waals surface area (Å²) in [5, 5.41) is 19.8. The second-order valence-electron chi connectivity index (χ2n) is 9.52. The Kier molecular flexibility index (Phi) is 6.38. The zero-order valence-electron chi connectivity index (χ0n) is 19.9. The predicted octanol–water partition coefficient (Wildman–Crippen LogP) is 2.65. The molecule has 1 aromatic carbocycles. The van der Waals surface area contributed by atoms with E-state index < -0.39 is 0 Å². The van der Waals surface area contributed by atoms with Gasteiger partial charge in [0.1, 0.15) is 0 Å². The second kappa shape index (κ2) is 9.61. The number of hydrogen-bond donors (Lipinski definition) is 3. The maximum atomic E-state index is 12.8. The van der Waals surface area contributed by atoms with Gasteiger partial charge in [0.05, 0.1) is 19.3 Å². The van der Waals surface area contributed by atoms with Crippen molar-refractivity contribution in [3.05, 3.63) is 42.0 Å². The van der Waals surface area contributed by atoms with Crippen LogP contribution in [0.5, 0.6) is 0 Å². The Bertz CT molecular complexity index is 1230. The molecule has 184 valence electrons. The second-order valence-corrected chi connectivity index (χ2v) is 9.52. The largest absolute Gasteiger partial charge is 0.431 e. The summed E-state index contributed by atoms with van der Waals surface area (Å²) in [4.78, 5) is 34.1. The number of carbonyl (C=O) groups excluding carboxylic acids is 2. The van der Waals surface area contributed by atoms with Gasteiger partial charge in [-0.25, -0.2) is 14.6 Å². The number of aromatic nitrogens is 4. The van der Waals surface area contributed by atoms with Crippen molar-refractivity contribution in [3.8, 4) is 22.8 Å². The third kappa shape index (κ3) is 5.27. The molecule has 0 spiro atoms. The van der Waals surface area contributed by atoms with Gasteiger partial charge in [0.15, 0.2) is 5.82 Å². The zero-order chi connectivity index (χ0) is 24.5. The number of carbonyl (C=O) groups is 2. The van der Waals surface area contributed by atoms with E-state index in [9.17, 15) is 14.7 Å². The minimum Gasteiger partial charge on any atom is -0.431 e. The quantitative estimate of drug-likeness (QED) is 0.408. The normalized spacial score (nSPS) is 17.1. The highest BCUT2D eigenvalue weighted by molar-refractivity contribution is 5.92. The summed E-state index contributed by atoms with van der Waals surface area (Å²) in [5.74, 6) is 1.44. The van der Waals surface area contributed by atoms with Crippen LogP contribution < -0.4 is 10.6 Å². The Morgan fingerprint density at radius 3 is 2.40 bits per heavy atom. The van der Waals surface area contributed by atoms with E-state index >= 15 is 0 Å².